The van der Waals surface area contributed by atoms with Gasteiger partial charge in [-0.2, -0.15) is 20.4 Å². The molecule has 0 atom stereocenters. The Labute approximate surface area is 786 Å². The number of nitrogens with zero attached hydrogens (tertiary/aromatic N) is 16. The topological polar surface area (TPSA) is 206 Å². The van der Waals surface area contributed by atoms with Crippen LogP contribution in [0.4, 0.5) is 0 Å². The first-order valence-corrected chi connectivity index (χ1v) is 46.2. The summed E-state index contributed by atoms with van der Waals surface area (Å²) >= 11 is 0. The molecule has 132 heavy (non-hydrogen) atoms. The molecule has 0 unspecified atom stereocenters. The lowest BCUT2D eigenvalue weighted by atomic mass is 10.1. The van der Waals surface area contributed by atoms with Gasteiger partial charge in [0.1, 0.15) is 12.7 Å². The summed E-state index contributed by atoms with van der Waals surface area (Å²) in [7, 11) is 0. The second-order valence-corrected chi connectivity index (χ2v) is 23.6. The van der Waals surface area contributed by atoms with Crippen LogP contribution >= 0.6 is 0 Å². The van der Waals surface area contributed by atoms with Gasteiger partial charge >= 0.3 is 0 Å². The minimum absolute atomic E-state index is 0.949. The molecule has 0 saturated heterocycles. The maximum absolute atomic E-state index is 4.18. The van der Waals surface area contributed by atoms with E-state index >= 15 is 0 Å². The molecule has 0 fully saturated rings. The average molecular weight is 1760 g/mol. The quantitative estimate of drug-likeness (QED) is 0.138. The van der Waals surface area contributed by atoms with Crippen molar-refractivity contribution in [3.8, 4) is 0 Å². The first-order chi connectivity index (χ1) is 65.6. The van der Waals surface area contributed by atoms with E-state index < -0.39 is 0 Å². The zero-order valence-corrected chi connectivity index (χ0v) is 81.7. The summed E-state index contributed by atoms with van der Waals surface area (Å²) in [6.45, 7) is 44.0. The van der Waals surface area contributed by atoms with Gasteiger partial charge in [0, 0.05) is 107 Å². The van der Waals surface area contributed by atoms with Gasteiger partial charge in [0.25, 0.3) is 0 Å². The van der Waals surface area contributed by atoms with Gasteiger partial charge in [0.2, 0.25) is 0 Å². The predicted molar refractivity (Wildman–Crippen MR) is 573 cm³/mol. The van der Waals surface area contributed by atoms with E-state index in [1.165, 1.54) is 43.1 Å². The molecule has 0 aliphatic rings. The van der Waals surface area contributed by atoms with Gasteiger partial charge in [-0.05, 0) is 129 Å². The zero-order valence-electron chi connectivity index (χ0n) is 81.7. The number of fused-ring (bicyclic) bond motifs is 11. The summed E-state index contributed by atoms with van der Waals surface area (Å²) in [5.41, 5.74) is 9.81. The summed E-state index contributed by atoms with van der Waals surface area (Å²) in [6.07, 6.45) is 27.9. The molecule has 0 amide bonds. The number of rotatable bonds is 0. The van der Waals surface area contributed by atoms with E-state index in [2.05, 4.69) is 177 Å². The molecule has 0 N–H and O–H groups in total. The van der Waals surface area contributed by atoms with E-state index in [1.54, 1.807) is 49.8 Å². The Morgan fingerprint density at radius 1 is 0.121 bits per heavy atom. The fourth-order valence-corrected chi connectivity index (χ4v) is 10.7. The fraction of sp³-hybridized carbons (Fsp3) is 0.190. The van der Waals surface area contributed by atoms with Crippen LogP contribution in [0.15, 0.2) is 439 Å². The first-order valence-electron chi connectivity index (χ1n) is 46.2. The van der Waals surface area contributed by atoms with Crippen LogP contribution in [0.5, 0.6) is 0 Å². The molecule has 10 heterocycles. The van der Waals surface area contributed by atoms with Crippen molar-refractivity contribution >= 4 is 120 Å². The highest BCUT2D eigenvalue weighted by Crippen LogP contribution is 2.16. The Morgan fingerprint density at radius 2 is 0.303 bits per heavy atom. The molecule has 16 nitrogen and oxygen atoms in total. The van der Waals surface area contributed by atoms with E-state index in [0.717, 1.165) is 76.7 Å². The first kappa shape index (κ1) is 115. The SMILES string of the molecule is CC.CC.CC.CC.CC.CC.CC.CC.CC.CC.CC.c1ccc2ccccc2c1.c1ccc2cnccc2c1.c1ccc2cnccc2c1.c1ccc2ncccc2c1.c1ccc2ncccc2c1.c1ccc2nccnc2c1.c1ccc2nccnc2c1.c1ccc2ncncc2c1.c1ccc2ncncc2c1.c1ccc2nnccc2c1.c1ccc2nnccc2c1. The van der Waals surface area contributed by atoms with Crippen molar-refractivity contribution in [2.45, 2.75) is 152 Å². The van der Waals surface area contributed by atoms with Crippen molar-refractivity contribution in [3.05, 3.63) is 439 Å². The Morgan fingerprint density at radius 3 is 0.553 bits per heavy atom. The average Bonchev–Trinajstić information content (AvgIpc) is 0.961. The van der Waals surface area contributed by atoms with Crippen LogP contribution in [0.25, 0.3) is 120 Å². The van der Waals surface area contributed by atoms with Crippen molar-refractivity contribution < 1.29 is 0 Å². The molecule has 0 bridgehead atoms. The van der Waals surface area contributed by atoms with Crippen LogP contribution in [-0.2, 0) is 0 Å². The van der Waals surface area contributed by atoms with E-state index in [9.17, 15) is 0 Å². The van der Waals surface area contributed by atoms with Crippen molar-refractivity contribution in [2.24, 2.45) is 0 Å². The predicted octanol–water partition coefficient (Wildman–Crippen LogP) is 32.8. The molecule has 0 aliphatic heterocycles. The van der Waals surface area contributed by atoms with Crippen LogP contribution in [0.2, 0.25) is 0 Å². The lowest BCUT2D eigenvalue weighted by molar-refractivity contribution is 1.08. The molecule has 0 radical (unpaired) electrons. The summed E-state index contributed by atoms with van der Waals surface area (Å²) in [4.78, 5) is 48.8. The normalized spacial score (nSPS) is 8.83. The number of aromatic nitrogens is 16. The maximum atomic E-state index is 4.18. The Kier molecular flexibility index (Phi) is 68.6. The molecule has 22 rings (SSSR count). The third-order valence-electron chi connectivity index (χ3n) is 16.2. The lowest BCUT2D eigenvalue weighted by Gasteiger charge is -1.92. The van der Waals surface area contributed by atoms with E-state index in [-0.39, 0.29) is 0 Å². The van der Waals surface area contributed by atoms with Gasteiger partial charge in [0.15, 0.2) is 0 Å². The Hall–Kier alpha value is -15.4. The Bertz CT molecular complexity index is 4410. The van der Waals surface area contributed by atoms with E-state index in [1.807, 2.05) is 445 Å². The molecule has 682 valence electrons. The van der Waals surface area contributed by atoms with Crippen molar-refractivity contribution in [1.29, 1.82) is 0 Å². The Balaban J connectivity index is 0.000000710. The van der Waals surface area contributed by atoms with Crippen LogP contribution in [-0.4, -0.2) is 80.2 Å². The largest absolute Gasteiger partial charge is 0.264 e. The minimum atomic E-state index is 0.949. The number of pyridine rings is 4. The van der Waals surface area contributed by atoms with Gasteiger partial charge in [-0.3, -0.25) is 39.9 Å². The second kappa shape index (κ2) is 79.0. The number of para-hydroxylation sites is 8. The summed E-state index contributed by atoms with van der Waals surface area (Å²) in [5, 5.41) is 29.7. The molecular formula is C116H138N16. The van der Waals surface area contributed by atoms with Gasteiger partial charge < -0.3 is 0 Å². The second-order valence-electron chi connectivity index (χ2n) is 23.6. The number of benzene rings is 12. The molecule has 10 aromatic heterocycles. The molecular weight excluding hydrogens is 1620 g/mol. The molecule has 16 heteroatoms. The van der Waals surface area contributed by atoms with Crippen molar-refractivity contribution in [2.75, 3.05) is 0 Å². The number of hydrogen-bond acceptors (Lipinski definition) is 16. The highest BCUT2D eigenvalue weighted by atomic mass is 15.1. The van der Waals surface area contributed by atoms with Gasteiger partial charge in [-0.15, -0.1) is 0 Å². The van der Waals surface area contributed by atoms with Crippen LogP contribution in [0.1, 0.15) is 152 Å². The van der Waals surface area contributed by atoms with Gasteiger partial charge in [0.05, 0.1) is 67.6 Å². The minimum Gasteiger partial charge on any atom is -0.264 e. The van der Waals surface area contributed by atoms with Crippen LogP contribution in [0.3, 0.4) is 0 Å². The number of hydrogen-bond donors (Lipinski definition) is 0. The summed E-state index contributed by atoms with van der Waals surface area (Å²) in [5.74, 6) is 0. The fourth-order valence-electron chi connectivity index (χ4n) is 10.7. The molecule has 0 aliphatic carbocycles. The maximum Gasteiger partial charge on any atom is 0.116 e. The highest BCUT2D eigenvalue weighted by molar-refractivity contribution is 5.85. The van der Waals surface area contributed by atoms with Crippen LogP contribution < -0.4 is 0 Å². The third-order valence-corrected chi connectivity index (χ3v) is 16.2. The smallest absolute Gasteiger partial charge is 0.116 e. The molecule has 0 spiro atoms. The summed E-state index contributed by atoms with van der Waals surface area (Å²) in [6, 6.07) is 112. The molecule has 22 aromatic rings. The molecule has 12 aromatic carbocycles. The van der Waals surface area contributed by atoms with Crippen LogP contribution in [0, 0.1) is 0 Å². The van der Waals surface area contributed by atoms with Gasteiger partial charge in [-0.1, -0.05) is 395 Å². The highest BCUT2D eigenvalue weighted by Gasteiger charge is 1.96. The lowest BCUT2D eigenvalue weighted by Crippen LogP contribution is -1.79. The molecule has 0 saturated carbocycles. The standard InChI is InChI=1S/C10H8.4C9H7N.6C8H6N2.11C2H6/c1-2-6-10-8-4-3-7-9(10)5-1;2*1-2-6-9-8(4-1)5-3-7-10-9;2*1-2-4-9-7-10-6-5-8(9)3-1;2*1-2-4-8-7(3-1)5-9-6-10-8;2*1-2-4-8-7(3-1)9-5-6-10-8;2*1-2-4-8-7(3-1)5-6-9-10-8;11*1-2/h1-8H;4*1-7H;6*1-6H;11*1-2H3. The van der Waals surface area contributed by atoms with Gasteiger partial charge in [-0.25, -0.2) is 19.9 Å². The monoisotopic (exact) mass is 1760 g/mol. The van der Waals surface area contributed by atoms with E-state index in [0.29, 0.717) is 0 Å². The third kappa shape index (κ3) is 44.3. The van der Waals surface area contributed by atoms with Crippen molar-refractivity contribution in [1.82, 2.24) is 80.2 Å². The van der Waals surface area contributed by atoms with E-state index in [4.69, 9.17) is 0 Å². The van der Waals surface area contributed by atoms with Crippen molar-refractivity contribution in [3.63, 3.8) is 0 Å². The zero-order chi connectivity index (χ0) is 96.9. The summed E-state index contributed by atoms with van der Waals surface area (Å²) < 4.78 is 0.